The minimum absolute atomic E-state index is 0.150. The average molecular weight is 250 g/mol. The van der Waals surface area contributed by atoms with E-state index in [-0.39, 0.29) is 11.9 Å². The monoisotopic (exact) mass is 250 g/mol. The summed E-state index contributed by atoms with van der Waals surface area (Å²) in [7, 11) is 0. The number of carboxylic acids is 1. The van der Waals surface area contributed by atoms with Crippen molar-refractivity contribution in [3.63, 3.8) is 0 Å². The quantitative estimate of drug-likeness (QED) is 0.862. The van der Waals surface area contributed by atoms with E-state index in [9.17, 15) is 15.0 Å². The van der Waals surface area contributed by atoms with E-state index in [1.54, 1.807) is 18.2 Å². The maximum absolute atomic E-state index is 11.3. The topological polar surface area (TPSA) is 66.8 Å². The van der Waals surface area contributed by atoms with Crippen LogP contribution in [-0.2, 0) is 11.2 Å². The highest BCUT2D eigenvalue weighted by atomic mass is 16.5. The van der Waals surface area contributed by atoms with Gasteiger partial charge in [0.1, 0.15) is 17.6 Å². The molecule has 4 nitrogen and oxygen atoms in total. The van der Waals surface area contributed by atoms with E-state index in [0.29, 0.717) is 12.2 Å². The van der Waals surface area contributed by atoms with Crippen LogP contribution >= 0.6 is 0 Å². The van der Waals surface area contributed by atoms with Gasteiger partial charge in [0, 0.05) is 6.07 Å². The lowest BCUT2D eigenvalue weighted by molar-refractivity contribution is -0.145. The largest absolute Gasteiger partial charge is 0.508 e. The highest BCUT2D eigenvalue weighted by Gasteiger charge is 2.34. The van der Waals surface area contributed by atoms with E-state index < -0.39 is 11.9 Å². The molecule has 0 aliphatic carbocycles. The fraction of sp³-hybridized carbons (Fsp3) is 0.500. The van der Waals surface area contributed by atoms with Gasteiger partial charge in [0.25, 0.3) is 0 Å². The molecule has 4 heteroatoms. The Labute approximate surface area is 106 Å². The lowest BCUT2D eigenvalue weighted by Gasteiger charge is -2.31. The fourth-order valence-electron chi connectivity index (χ4n) is 2.35. The third-order valence-electron chi connectivity index (χ3n) is 3.38. The van der Waals surface area contributed by atoms with Crippen molar-refractivity contribution in [2.45, 2.75) is 38.7 Å². The highest BCUT2D eigenvalue weighted by Crippen LogP contribution is 2.35. The van der Waals surface area contributed by atoms with Crippen molar-refractivity contribution >= 4 is 5.97 Å². The van der Waals surface area contributed by atoms with Crippen molar-refractivity contribution in [3.8, 4) is 11.5 Å². The number of phenols is 1. The van der Waals surface area contributed by atoms with Gasteiger partial charge in [0.05, 0.1) is 5.92 Å². The van der Waals surface area contributed by atoms with Crippen LogP contribution in [0.25, 0.3) is 0 Å². The third kappa shape index (κ3) is 2.58. The van der Waals surface area contributed by atoms with Crippen molar-refractivity contribution in [1.82, 2.24) is 0 Å². The van der Waals surface area contributed by atoms with Gasteiger partial charge in [-0.1, -0.05) is 25.8 Å². The standard InChI is InChI=1S/C14H18O4/c1-2-3-4-12-11(14(16)17)7-9-5-6-10(15)8-13(9)18-12/h5-6,8,11-12,15H,2-4,7H2,1H3,(H,16,17). The van der Waals surface area contributed by atoms with E-state index in [1.807, 2.05) is 0 Å². The minimum Gasteiger partial charge on any atom is -0.508 e. The van der Waals surface area contributed by atoms with Crippen molar-refractivity contribution in [2.75, 3.05) is 0 Å². The number of aromatic hydroxyl groups is 1. The maximum atomic E-state index is 11.3. The third-order valence-corrected chi connectivity index (χ3v) is 3.38. The smallest absolute Gasteiger partial charge is 0.310 e. The lowest BCUT2D eigenvalue weighted by Crippen LogP contribution is -2.38. The van der Waals surface area contributed by atoms with Crippen LogP contribution in [0.15, 0.2) is 18.2 Å². The summed E-state index contributed by atoms with van der Waals surface area (Å²) in [6.07, 6.45) is 2.88. The van der Waals surface area contributed by atoms with Crippen LogP contribution in [0.2, 0.25) is 0 Å². The summed E-state index contributed by atoms with van der Waals surface area (Å²) < 4.78 is 5.75. The molecule has 2 unspecified atom stereocenters. The number of unbranched alkanes of at least 4 members (excludes halogenated alkanes) is 1. The number of phenolic OH excluding ortho intramolecular Hbond substituents is 1. The first-order valence-corrected chi connectivity index (χ1v) is 6.33. The van der Waals surface area contributed by atoms with E-state index in [0.717, 1.165) is 24.8 Å². The highest BCUT2D eigenvalue weighted by molar-refractivity contribution is 5.72. The molecular formula is C14H18O4. The molecule has 1 aliphatic heterocycles. The van der Waals surface area contributed by atoms with Gasteiger partial charge in [-0.15, -0.1) is 0 Å². The number of aliphatic carboxylic acids is 1. The first kappa shape index (κ1) is 12.7. The van der Waals surface area contributed by atoms with E-state index in [4.69, 9.17) is 4.74 Å². The number of carboxylic acid groups (broad SMARTS) is 1. The number of ether oxygens (including phenoxy) is 1. The molecule has 0 aromatic heterocycles. The van der Waals surface area contributed by atoms with Crippen LogP contribution in [0.5, 0.6) is 11.5 Å². The number of hydrogen-bond acceptors (Lipinski definition) is 3. The molecule has 2 N–H and O–H groups in total. The van der Waals surface area contributed by atoms with E-state index in [2.05, 4.69) is 6.92 Å². The zero-order chi connectivity index (χ0) is 13.1. The molecule has 0 saturated heterocycles. The normalized spacial score (nSPS) is 22.1. The molecule has 1 aliphatic rings. The summed E-state index contributed by atoms with van der Waals surface area (Å²) >= 11 is 0. The molecule has 18 heavy (non-hydrogen) atoms. The van der Waals surface area contributed by atoms with Gasteiger partial charge in [0.2, 0.25) is 0 Å². The van der Waals surface area contributed by atoms with Gasteiger partial charge in [-0.05, 0) is 24.5 Å². The molecule has 2 rings (SSSR count). The molecule has 0 saturated carbocycles. The molecule has 1 aromatic carbocycles. The van der Waals surface area contributed by atoms with Gasteiger partial charge < -0.3 is 14.9 Å². The Balaban J connectivity index is 2.22. The Morgan fingerprint density at radius 3 is 2.94 bits per heavy atom. The number of carbonyl (C=O) groups is 1. The van der Waals surface area contributed by atoms with Crippen LogP contribution in [0.4, 0.5) is 0 Å². The van der Waals surface area contributed by atoms with Crippen molar-refractivity contribution in [1.29, 1.82) is 0 Å². The minimum atomic E-state index is -0.810. The van der Waals surface area contributed by atoms with Crippen molar-refractivity contribution in [3.05, 3.63) is 23.8 Å². The second kappa shape index (κ2) is 5.29. The van der Waals surface area contributed by atoms with E-state index in [1.165, 1.54) is 0 Å². The molecule has 1 aromatic rings. The Bertz CT molecular complexity index is 441. The molecule has 0 bridgehead atoms. The molecular weight excluding hydrogens is 232 g/mol. The van der Waals surface area contributed by atoms with Crippen LogP contribution < -0.4 is 4.74 Å². The average Bonchev–Trinajstić information content (AvgIpc) is 2.34. The summed E-state index contributed by atoms with van der Waals surface area (Å²) in [4.78, 5) is 11.3. The fourth-order valence-corrected chi connectivity index (χ4v) is 2.35. The summed E-state index contributed by atoms with van der Waals surface area (Å²) in [5.74, 6) is -0.534. The predicted octanol–water partition coefficient (Wildman–Crippen LogP) is 2.59. The number of fused-ring (bicyclic) bond motifs is 1. The Kier molecular flexibility index (Phi) is 3.75. The van der Waals surface area contributed by atoms with Crippen molar-refractivity contribution in [2.24, 2.45) is 5.92 Å². The molecule has 0 spiro atoms. The number of benzene rings is 1. The van der Waals surface area contributed by atoms with Crippen LogP contribution in [0, 0.1) is 5.92 Å². The molecule has 0 radical (unpaired) electrons. The molecule has 0 fully saturated rings. The summed E-state index contributed by atoms with van der Waals surface area (Å²) in [5.41, 5.74) is 0.855. The first-order chi connectivity index (χ1) is 8.61. The van der Waals surface area contributed by atoms with Gasteiger partial charge in [0.15, 0.2) is 0 Å². The molecule has 98 valence electrons. The van der Waals surface area contributed by atoms with E-state index >= 15 is 0 Å². The zero-order valence-electron chi connectivity index (χ0n) is 10.4. The number of hydrogen-bond donors (Lipinski definition) is 2. The first-order valence-electron chi connectivity index (χ1n) is 6.33. The second-order valence-electron chi connectivity index (χ2n) is 4.74. The predicted molar refractivity (Wildman–Crippen MR) is 66.9 cm³/mol. The lowest BCUT2D eigenvalue weighted by atomic mass is 9.88. The van der Waals surface area contributed by atoms with Gasteiger partial charge in [-0.2, -0.15) is 0 Å². The van der Waals surface area contributed by atoms with Crippen molar-refractivity contribution < 1.29 is 19.7 Å². The molecule has 1 heterocycles. The molecule has 0 amide bonds. The van der Waals surface area contributed by atoms with Crippen LogP contribution in [0.1, 0.15) is 31.7 Å². The summed E-state index contributed by atoms with van der Waals surface area (Å²) in [6.45, 7) is 2.07. The van der Waals surface area contributed by atoms with Gasteiger partial charge in [-0.25, -0.2) is 0 Å². The van der Waals surface area contributed by atoms with Gasteiger partial charge >= 0.3 is 5.97 Å². The summed E-state index contributed by atoms with van der Waals surface area (Å²) in [5, 5.41) is 18.7. The Morgan fingerprint density at radius 2 is 2.28 bits per heavy atom. The van der Waals surface area contributed by atoms with Crippen LogP contribution in [0.3, 0.4) is 0 Å². The second-order valence-corrected chi connectivity index (χ2v) is 4.74. The Morgan fingerprint density at radius 1 is 1.50 bits per heavy atom. The Hall–Kier alpha value is -1.71. The maximum Gasteiger partial charge on any atom is 0.310 e. The van der Waals surface area contributed by atoms with Gasteiger partial charge in [-0.3, -0.25) is 4.79 Å². The molecule has 2 atom stereocenters. The number of rotatable bonds is 4. The SMILES string of the molecule is CCCCC1Oc2cc(O)ccc2CC1C(=O)O. The summed E-state index contributed by atoms with van der Waals surface area (Å²) in [6, 6.07) is 4.86. The van der Waals surface area contributed by atoms with Crippen LogP contribution in [-0.4, -0.2) is 22.3 Å². The zero-order valence-corrected chi connectivity index (χ0v) is 10.4.